The zero-order valence-corrected chi connectivity index (χ0v) is 19.2. The standard InChI is InChI=1S/C21H21Cl2NO3S2/c1-3-4-9-29(26,27)24-21(25)15-6-8-20-18(11-15)17(13(2)28-20)10-14-5-7-16(22)12-19(14)23/h5-8,11-12H,3-4,9-10H2,1-2H3,(H,24,25). The fourth-order valence-corrected chi connectivity index (χ4v) is 5.78. The summed E-state index contributed by atoms with van der Waals surface area (Å²) in [6, 6.07) is 10.7. The van der Waals surface area contributed by atoms with Crippen LogP contribution in [0, 0.1) is 6.92 Å². The van der Waals surface area contributed by atoms with Crippen LogP contribution in [-0.4, -0.2) is 20.1 Å². The molecule has 1 heterocycles. The number of halogens is 2. The van der Waals surface area contributed by atoms with E-state index in [9.17, 15) is 13.2 Å². The Labute approximate surface area is 184 Å². The van der Waals surface area contributed by atoms with Gasteiger partial charge in [-0.05, 0) is 60.2 Å². The number of carbonyl (C=O) groups excluding carboxylic acids is 1. The van der Waals surface area contributed by atoms with Crippen molar-refractivity contribution in [2.24, 2.45) is 0 Å². The molecule has 0 aliphatic carbocycles. The van der Waals surface area contributed by atoms with Crippen molar-refractivity contribution in [3.63, 3.8) is 0 Å². The highest BCUT2D eigenvalue weighted by Gasteiger charge is 2.18. The minimum absolute atomic E-state index is 0.0602. The zero-order valence-electron chi connectivity index (χ0n) is 16.1. The molecule has 0 saturated heterocycles. The first-order chi connectivity index (χ1) is 13.7. The van der Waals surface area contributed by atoms with E-state index >= 15 is 0 Å². The van der Waals surface area contributed by atoms with Crippen LogP contribution < -0.4 is 4.72 Å². The van der Waals surface area contributed by atoms with Gasteiger partial charge in [-0.1, -0.05) is 42.6 Å². The van der Waals surface area contributed by atoms with Gasteiger partial charge in [0, 0.05) is 31.6 Å². The summed E-state index contributed by atoms with van der Waals surface area (Å²) in [5, 5.41) is 2.10. The highest BCUT2D eigenvalue weighted by atomic mass is 35.5. The molecule has 1 N–H and O–H groups in total. The van der Waals surface area contributed by atoms with E-state index < -0.39 is 15.9 Å². The van der Waals surface area contributed by atoms with Crippen LogP contribution in [0.2, 0.25) is 10.0 Å². The first-order valence-corrected chi connectivity index (χ1v) is 12.4. The molecule has 0 fully saturated rings. The maximum absolute atomic E-state index is 12.5. The molecule has 3 aromatic rings. The number of hydrogen-bond donors (Lipinski definition) is 1. The number of benzene rings is 2. The lowest BCUT2D eigenvalue weighted by Crippen LogP contribution is -2.32. The quantitative estimate of drug-likeness (QED) is 0.463. The van der Waals surface area contributed by atoms with Crippen molar-refractivity contribution < 1.29 is 13.2 Å². The second-order valence-corrected chi connectivity index (χ2v) is 10.8. The van der Waals surface area contributed by atoms with Crippen molar-refractivity contribution in [3.05, 3.63) is 68.0 Å². The fourth-order valence-electron chi connectivity index (χ4n) is 3.07. The Morgan fingerprint density at radius 2 is 1.90 bits per heavy atom. The van der Waals surface area contributed by atoms with E-state index in [2.05, 4.69) is 4.72 Å². The molecule has 154 valence electrons. The van der Waals surface area contributed by atoms with E-state index in [1.165, 1.54) is 0 Å². The molecule has 0 aliphatic heterocycles. The molecule has 8 heteroatoms. The number of aryl methyl sites for hydroxylation is 1. The van der Waals surface area contributed by atoms with Gasteiger partial charge in [0.05, 0.1) is 5.75 Å². The number of nitrogens with one attached hydrogen (secondary N) is 1. The summed E-state index contributed by atoms with van der Waals surface area (Å²) in [5.41, 5.74) is 2.33. The van der Waals surface area contributed by atoms with E-state index in [1.54, 1.807) is 35.6 Å². The third kappa shape index (κ3) is 5.31. The van der Waals surface area contributed by atoms with Gasteiger partial charge in [-0.15, -0.1) is 11.3 Å². The fraction of sp³-hybridized carbons (Fsp3) is 0.286. The molecule has 4 nitrogen and oxygen atoms in total. The average molecular weight is 470 g/mol. The van der Waals surface area contributed by atoms with Crippen LogP contribution in [0.1, 0.15) is 46.1 Å². The minimum Gasteiger partial charge on any atom is -0.268 e. The summed E-state index contributed by atoms with van der Waals surface area (Å²) in [5.74, 6) is -0.669. The van der Waals surface area contributed by atoms with Gasteiger partial charge in [0.1, 0.15) is 0 Å². The molecular formula is C21H21Cl2NO3S2. The van der Waals surface area contributed by atoms with Gasteiger partial charge in [0.2, 0.25) is 10.0 Å². The smallest absolute Gasteiger partial charge is 0.264 e. The van der Waals surface area contributed by atoms with Crippen molar-refractivity contribution in [2.45, 2.75) is 33.1 Å². The molecule has 0 bridgehead atoms. The van der Waals surface area contributed by atoms with Crippen molar-refractivity contribution in [1.82, 2.24) is 4.72 Å². The SMILES string of the molecule is CCCCS(=O)(=O)NC(=O)c1ccc2sc(C)c(Cc3ccc(Cl)cc3Cl)c2c1. The molecule has 0 radical (unpaired) electrons. The van der Waals surface area contributed by atoms with E-state index in [0.717, 1.165) is 32.5 Å². The molecule has 0 spiro atoms. The summed E-state index contributed by atoms with van der Waals surface area (Å²) in [7, 11) is -3.63. The first kappa shape index (κ1) is 22.1. The van der Waals surface area contributed by atoms with Gasteiger partial charge >= 0.3 is 0 Å². The maximum atomic E-state index is 12.5. The largest absolute Gasteiger partial charge is 0.268 e. The zero-order chi connectivity index (χ0) is 21.2. The molecule has 2 aromatic carbocycles. The maximum Gasteiger partial charge on any atom is 0.264 e. The molecular weight excluding hydrogens is 449 g/mol. The molecule has 0 atom stereocenters. The Hall–Kier alpha value is -1.60. The Balaban J connectivity index is 1.93. The minimum atomic E-state index is -3.63. The summed E-state index contributed by atoms with van der Waals surface area (Å²) < 4.78 is 27.3. The highest BCUT2D eigenvalue weighted by Crippen LogP contribution is 2.34. The van der Waals surface area contributed by atoms with Gasteiger partial charge in [0.25, 0.3) is 5.91 Å². The number of amides is 1. The van der Waals surface area contributed by atoms with Gasteiger partial charge in [-0.2, -0.15) is 0 Å². The van der Waals surface area contributed by atoms with E-state index in [-0.39, 0.29) is 5.75 Å². The van der Waals surface area contributed by atoms with E-state index in [4.69, 9.17) is 23.2 Å². The summed E-state index contributed by atoms with van der Waals surface area (Å²) in [6.07, 6.45) is 1.85. The lowest BCUT2D eigenvalue weighted by atomic mass is 10.0. The second-order valence-electron chi connectivity index (χ2n) is 6.86. The topological polar surface area (TPSA) is 63.2 Å². The Kier molecular flexibility index (Phi) is 6.89. The number of hydrogen-bond acceptors (Lipinski definition) is 4. The van der Waals surface area contributed by atoms with Crippen LogP contribution in [-0.2, 0) is 16.4 Å². The summed E-state index contributed by atoms with van der Waals surface area (Å²) in [4.78, 5) is 13.6. The Morgan fingerprint density at radius 3 is 2.59 bits per heavy atom. The molecule has 0 unspecified atom stereocenters. The van der Waals surface area contributed by atoms with Gasteiger partial charge in [-0.25, -0.2) is 13.1 Å². The van der Waals surface area contributed by atoms with Crippen LogP contribution in [0.3, 0.4) is 0 Å². The summed E-state index contributed by atoms with van der Waals surface area (Å²) >= 11 is 14.0. The van der Waals surface area contributed by atoms with Crippen molar-refractivity contribution >= 4 is 60.6 Å². The lowest BCUT2D eigenvalue weighted by molar-refractivity contribution is 0.0981. The Bertz CT molecular complexity index is 1170. The third-order valence-corrected chi connectivity index (χ3v) is 7.69. The van der Waals surface area contributed by atoms with Gasteiger partial charge in [0.15, 0.2) is 0 Å². The van der Waals surface area contributed by atoms with Crippen molar-refractivity contribution in [2.75, 3.05) is 5.75 Å². The number of unbranched alkanes of at least 4 members (excludes halogenated alkanes) is 1. The van der Waals surface area contributed by atoms with Crippen molar-refractivity contribution in [1.29, 1.82) is 0 Å². The number of carbonyl (C=O) groups is 1. The number of rotatable bonds is 7. The molecule has 0 aliphatic rings. The number of fused-ring (bicyclic) bond motifs is 1. The molecule has 1 aromatic heterocycles. The average Bonchev–Trinajstić information content (AvgIpc) is 2.96. The highest BCUT2D eigenvalue weighted by molar-refractivity contribution is 7.90. The number of sulfonamides is 1. The first-order valence-electron chi connectivity index (χ1n) is 9.21. The van der Waals surface area contributed by atoms with Crippen LogP contribution >= 0.6 is 34.5 Å². The van der Waals surface area contributed by atoms with Crippen molar-refractivity contribution in [3.8, 4) is 0 Å². The number of thiophene rings is 1. The van der Waals surface area contributed by atoms with Crippen LogP contribution in [0.25, 0.3) is 10.1 Å². The van der Waals surface area contributed by atoms with Crippen LogP contribution in [0.15, 0.2) is 36.4 Å². The van der Waals surface area contributed by atoms with E-state index in [0.29, 0.717) is 28.5 Å². The Morgan fingerprint density at radius 1 is 1.14 bits per heavy atom. The van der Waals surface area contributed by atoms with Crippen LogP contribution in [0.4, 0.5) is 0 Å². The van der Waals surface area contributed by atoms with Gasteiger partial charge < -0.3 is 0 Å². The molecule has 0 saturated carbocycles. The molecule has 1 amide bonds. The monoisotopic (exact) mass is 469 g/mol. The lowest BCUT2D eigenvalue weighted by Gasteiger charge is -2.08. The van der Waals surface area contributed by atoms with Gasteiger partial charge in [-0.3, -0.25) is 4.79 Å². The van der Waals surface area contributed by atoms with Crippen LogP contribution in [0.5, 0.6) is 0 Å². The predicted octanol–water partition coefficient (Wildman–Crippen LogP) is 5.97. The summed E-state index contributed by atoms with van der Waals surface area (Å²) in [6.45, 7) is 3.93. The predicted molar refractivity (Wildman–Crippen MR) is 122 cm³/mol. The molecule has 29 heavy (non-hydrogen) atoms. The van der Waals surface area contributed by atoms with E-state index in [1.807, 2.05) is 26.0 Å². The normalized spacial score (nSPS) is 11.7. The molecule has 3 rings (SSSR count). The third-order valence-electron chi connectivity index (χ3n) is 4.65. The second kappa shape index (κ2) is 9.04.